The molecule has 0 unspecified atom stereocenters. The molecule has 0 fully saturated rings. The highest BCUT2D eigenvalue weighted by Gasteiger charge is 2.31. The molecule has 0 bridgehead atoms. The summed E-state index contributed by atoms with van der Waals surface area (Å²) in [6.45, 7) is 0. The average molecular weight is 284 g/mol. The van der Waals surface area contributed by atoms with Gasteiger partial charge in [0, 0.05) is 10.6 Å². The lowest BCUT2D eigenvalue weighted by atomic mass is 10.4. The topological polar surface area (TPSA) is 17.1 Å². The van der Waals surface area contributed by atoms with Gasteiger partial charge in [0.2, 0.25) is 0 Å². The third-order valence-electron chi connectivity index (χ3n) is 2.42. The summed E-state index contributed by atoms with van der Waals surface area (Å²) in [7, 11) is 0. The zero-order valence-electron chi connectivity index (χ0n) is 9.37. The van der Waals surface area contributed by atoms with Gasteiger partial charge in [0.15, 0.2) is 6.34 Å². The van der Waals surface area contributed by atoms with E-state index in [2.05, 4.69) is 0 Å². The van der Waals surface area contributed by atoms with E-state index < -0.39 is 12.1 Å². The maximum absolute atomic E-state index is 12.9. The highest BCUT2D eigenvalue weighted by molar-refractivity contribution is 8.62. The standard InChI is InChI=1S/C13H11F2OPS/c14-13(15)18-17(16,11-7-3-1-4-8-11)12-9-5-2-6-10-12/h1-10,13H. The molecular weight excluding hydrogens is 273 g/mol. The first-order chi connectivity index (χ1) is 8.63. The quantitative estimate of drug-likeness (QED) is 0.793. The van der Waals surface area contributed by atoms with Gasteiger partial charge in [-0.25, -0.2) is 0 Å². The zero-order chi connectivity index (χ0) is 13.0. The highest BCUT2D eigenvalue weighted by Crippen LogP contribution is 2.58. The van der Waals surface area contributed by atoms with E-state index in [0.29, 0.717) is 10.6 Å². The SMILES string of the molecule is O=P(SC(F)F)(c1ccccc1)c1ccccc1. The highest BCUT2D eigenvalue weighted by atomic mass is 32.7. The van der Waals surface area contributed by atoms with Gasteiger partial charge >= 0.3 is 0 Å². The van der Waals surface area contributed by atoms with Crippen LogP contribution in [-0.4, -0.2) is 5.76 Å². The second-order valence-corrected chi connectivity index (χ2v) is 8.47. The van der Waals surface area contributed by atoms with E-state index >= 15 is 0 Å². The number of alkyl halides is 2. The Morgan fingerprint density at radius 3 is 1.56 bits per heavy atom. The average Bonchev–Trinajstić information content (AvgIpc) is 2.40. The lowest BCUT2D eigenvalue weighted by molar-refractivity contribution is 0.254. The third-order valence-corrected chi connectivity index (χ3v) is 7.47. The van der Waals surface area contributed by atoms with Crippen molar-refractivity contribution in [3.63, 3.8) is 0 Å². The molecule has 94 valence electrons. The second kappa shape index (κ2) is 5.68. The summed E-state index contributed by atoms with van der Waals surface area (Å²) < 4.78 is 38.3. The molecule has 0 aromatic heterocycles. The summed E-state index contributed by atoms with van der Waals surface area (Å²) in [5.41, 5.74) is 0. The molecule has 2 aromatic carbocycles. The Bertz CT molecular complexity index is 502. The van der Waals surface area contributed by atoms with Crippen molar-refractivity contribution in [3.05, 3.63) is 60.7 Å². The van der Waals surface area contributed by atoms with Crippen LogP contribution in [0.3, 0.4) is 0 Å². The Balaban J connectivity index is 2.52. The first kappa shape index (κ1) is 13.3. The molecule has 5 heteroatoms. The van der Waals surface area contributed by atoms with Crippen LogP contribution in [0.15, 0.2) is 60.7 Å². The monoisotopic (exact) mass is 284 g/mol. The maximum Gasteiger partial charge on any atom is 0.291 e. The zero-order valence-corrected chi connectivity index (χ0v) is 11.1. The van der Waals surface area contributed by atoms with Gasteiger partial charge in [-0.3, -0.25) is 0 Å². The Morgan fingerprint density at radius 2 is 1.22 bits per heavy atom. The van der Waals surface area contributed by atoms with Crippen molar-refractivity contribution in [3.8, 4) is 0 Å². The molecule has 0 amide bonds. The summed E-state index contributed by atoms with van der Waals surface area (Å²) in [6.07, 6.45) is -3.31. The van der Waals surface area contributed by atoms with Gasteiger partial charge in [0.25, 0.3) is 5.76 Å². The number of benzene rings is 2. The summed E-state index contributed by atoms with van der Waals surface area (Å²) in [4.78, 5) is 0. The Morgan fingerprint density at radius 1 is 0.833 bits per heavy atom. The van der Waals surface area contributed by atoms with E-state index in [0.717, 1.165) is 0 Å². The van der Waals surface area contributed by atoms with Crippen LogP contribution in [-0.2, 0) is 4.57 Å². The van der Waals surface area contributed by atoms with Crippen molar-refractivity contribution >= 4 is 28.3 Å². The summed E-state index contributed by atoms with van der Waals surface area (Å²) in [5, 5.41) is 0.892. The largest absolute Gasteiger partial charge is 0.302 e. The minimum absolute atomic E-state index is 0.230. The first-order valence-corrected chi connectivity index (χ1v) is 8.50. The van der Waals surface area contributed by atoms with Crippen molar-refractivity contribution < 1.29 is 13.3 Å². The van der Waals surface area contributed by atoms with E-state index in [9.17, 15) is 13.3 Å². The van der Waals surface area contributed by atoms with Gasteiger partial charge in [-0.2, -0.15) is 8.78 Å². The Kier molecular flexibility index (Phi) is 4.20. The van der Waals surface area contributed by atoms with Gasteiger partial charge in [-0.05, 0) is 11.4 Å². The fraction of sp³-hybridized carbons (Fsp3) is 0.0769. The lowest BCUT2D eigenvalue weighted by Gasteiger charge is -2.17. The smallest absolute Gasteiger partial charge is 0.291 e. The van der Waals surface area contributed by atoms with Crippen LogP contribution >= 0.6 is 17.7 Å². The van der Waals surface area contributed by atoms with Crippen LogP contribution in [0, 0.1) is 0 Å². The molecule has 0 radical (unpaired) electrons. The minimum Gasteiger partial charge on any atom is -0.302 e. The predicted molar refractivity (Wildman–Crippen MR) is 73.4 cm³/mol. The molecule has 18 heavy (non-hydrogen) atoms. The third kappa shape index (κ3) is 2.82. The molecule has 0 saturated heterocycles. The molecule has 0 heterocycles. The van der Waals surface area contributed by atoms with Gasteiger partial charge < -0.3 is 4.57 Å². The van der Waals surface area contributed by atoms with E-state index in [1.54, 1.807) is 60.7 Å². The first-order valence-electron chi connectivity index (χ1n) is 5.31. The molecule has 2 rings (SSSR count). The molecule has 1 nitrogen and oxygen atoms in total. The fourth-order valence-corrected chi connectivity index (χ4v) is 5.66. The predicted octanol–water partition coefficient (Wildman–Crippen LogP) is 3.87. The van der Waals surface area contributed by atoms with Crippen molar-refractivity contribution in [2.75, 3.05) is 0 Å². The summed E-state index contributed by atoms with van der Waals surface area (Å²) in [6, 6.07) is 16.9. The van der Waals surface area contributed by atoms with Gasteiger partial charge in [0.05, 0.1) is 0 Å². The van der Waals surface area contributed by atoms with E-state index in [1.165, 1.54) is 0 Å². The van der Waals surface area contributed by atoms with Crippen molar-refractivity contribution in [2.45, 2.75) is 5.76 Å². The molecule has 0 atom stereocenters. The maximum atomic E-state index is 12.9. The number of hydrogen-bond acceptors (Lipinski definition) is 2. The van der Waals surface area contributed by atoms with Crippen molar-refractivity contribution in [1.82, 2.24) is 0 Å². The lowest BCUT2D eigenvalue weighted by Crippen LogP contribution is -2.14. The van der Waals surface area contributed by atoms with Crippen LogP contribution < -0.4 is 10.6 Å². The van der Waals surface area contributed by atoms with Crippen LogP contribution in [0.2, 0.25) is 0 Å². The summed E-state index contributed by atoms with van der Waals surface area (Å²) in [5.74, 6) is -2.67. The van der Waals surface area contributed by atoms with E-state index in [4.69, 9.17) is 0 Å². The van der Waals surface area contributed by atoms with Crippen LogP contribution in [0.4, 0.5) is 8.78 Å². The van der Waals surface area contributed by atoms with Crippen LogP contribution in [0.25, 0.3) is 0 Å². The fourth-order valence-electron chi connectivity index (χ4n) is 1.63. The molecule has 0 aliphatic heterocycles. The number of halogens is 2. The molecule has 2 aromatic rings. The molecule has 0 N–H and O–H groups in total. The van der Waals surface area contributed by atoms with Gasteiger partial charge in [-0.1, -0.05) is 60.7 Å². The number of hydrogen-bond donors (Lipinski definition) is 0. The Labute approximate surface area is 108 Å². The molecule has 0 aliphatic carbocycles. The molecule has 0 saturated carbocycles. The number of rotatable bonds is 4. The van der Waals surface area contributed by atoms with Crippen LogP contribution in [0.5, 0.6) is 0 Å². The normalized spacial score (nSPS) is 11.7. The van der Waals surface area contributed by atoms with Crippen molar-refractivity contribution in [1.29, 1.82) is 0 Å². The second-order valence-electron chi connectivity index (χ2n) is 3.59. The van der Waals surface area contributed by atoms with Gasteiger partial charge in [0.1, 0.15) is 0 Å². The minimum atomic E-state index is -3.31. The van der Waals surface area contributed by atoms with E-state index in [-0.39, 0.29) is 11.4 Å². The summed E-state index contributed by atoms with van der Waals surface area (Å²) >= 11 is 0.230. The molecule has 0 spiro atoms. The van der Waals surface area contributed by atoms with Crippen LogP contribution in [0.1, 0.15) is 0 Å². The molecular formula is C13H11F2OPS. The Hall–Kier alpha value is -1.12. The molecule has 0 aliphatic rings. The van der Waals surface area contributed by atoms with E-state index in [1.807, 2.05) is 0 Å². The van der Waals surface area contributed by atoms with Crippen molar-refractivity contribution in [2.24, 2.45) is 0 Å². The van der Waals surface area contributed by atoms with Gasteiger partial charge in [-0.15, -0.1) is 0 Å².